The van der Waals surface area contributed by atoms with Crippen molar-refractivity contribution in [1.82, 2.24) is 19.8 Å². The molecule has 0 bridgehead atoms. The lowest BCUT2D eigenvalue weighted by atomic mass is 9.93. The highest BCUT2D eigenvalue weighted by Gasteiger charge is 2.20. The van der Waals surface area contributed by atoms with Crippen LogP contribution in [0.25, 0.3) is 11.1 Å². The summed E-state index contributed by atoms with van der Waals surface area (Å²) in [6.45, 7) is 9.11. The minimum absolute atomic E-state index is 0.204. The van der Waals surface area contributed by atoms with Crippen molar-refractivity contribution in [3.05, 3.63) is 116 Å². The Morgan fingerprint density at radius 3 is 2.53 bits per heavy atom. The second kappa shape index (κ2) is 17.9. The van der Waals surface area contributed by atoms with E-state index in [1.54, 1.807) is 12.3 Å². The largest absolute Gasteiger partial charge is 0.493 e. The fraction of sp³-hybridized carbons (Fsp3) is 0.341. The summed E-state index contributed by atoms with van der Waals surface area (Å²) in [5.74, 6) is 2.00. The van der Waals surface area contributed by atoms with Crippen LogP contribution in [0, 0.1) is 25.2 Å². The zero-order chi connectivity index (χ0) is 37.3. The molecule has 0 amide bonds. The molecule has 3 N–H and O–H groups in total. The van der Waals surface area contributed by atoms with E-state index in [9.17, 15) is 10.4 Å². The molecule has 0 spiro atoms. The molecule has 0 radical (unpaired) electrons. The maximum absolute atomic E-state index is 9.80. The molecule has 2 aromatic heterocycles. The lowest BCUT2D eigenvalue weighted by Gasteiger charge is -2.20. The molecular weight excluding hydrogens is 708 g/mol. The van der Waals surface area contributed by atoms with Gasteiger partial charge in [-0.2, -0.15) is 5.26 Å². The first-order valence-electron chi connectivity index (χ1n) is 17.7. The van der Waals surface area contributed by atoms with Crippen molar-refractivity contribution in [2.24, 2.45) is 0 Å². The topological polar surface area (TPSA) is 130 Å². The number of aliphatic hydroxyl groups excluding tert-OH is 1. The number of aliphatic hydroxyl groups is 1. The van der Waals surface area contributed by atoms with Crippen molar-refractivity contribution in [2.45, 2.75) is 59.1 Å². The maximum atomic E-state index is 9.80. The van der Waals surface area contributed by atoms with Gasteiger partial charge in [0.2, 0.25) is 0 Å². The summed E-state index contributed by atoms with van der Waals surface area (Å²) in [5, 5.41) is 22.1. The van der Waals surface area contributed by atoms with Crippen molar-refractivity contribution < 1.29 is 19.3 Å². The third-order valence-corrected chi connectivity index (χ3v) is 10.4. The molecule has 0 saturated carbocycles. The van der Waals surface area contributed by atoms with E-state index in [2.05, 4.69) is 57.9 Å². The SMILES string of the molecule is Cc1c(COc2cc(OCc3cncc(C#N)c3)c(CN(C)Cc3csc(N)n3)cc2Cl)cccc1-c1cccc(OCCCN2CC[C@@H](O)C2)c1C. The third-order valence-electron chi connectivity index (χ3n) is 9.40. The first kappa shape index (κ1) is 38.0. The lowest BCUT2D eigenvalue weighted by molar-refractivity contribution is 0.173. The molecule has 1 aliphatic heterocycles. The number of ether oxygens (including phenoxy) is 3. The van der Waals surface area contributed by atoms with E-state index in [1.165, 1.54) is 17.5 Å². The fourth-order valence-corrected chi connectivity index (χ4v) is 7.38. The number of β-amino-alcohol motifs (C(OH)–C–C–N with tert-alkyl or cyclic N) is 1. The van der Waals surface area contributed by atoms with Gasteiger partial charge in [0, 0.05) is 67.7 Å². The van der Waals surface area contributed by atoms with Crippen LogP contribution in [0.15, 0.2) is 72.4 Å². The lowest BCUT2D eigenvalue weighted by Crippen LogP contribution is -2.24. The van der Waals surface area contributed by atoms with Crippen LogP contribution < -0.4 is 19.9 Å². The number of pyridine rings is 1. The molecule has 5 aromatic rings. The molecule has 1 fully saturated rings. The molecule has 53 heavy (non-hydrogen) atoms. The van der Waals surface area contributed by atoms with Crippen molar-refractivity contribution in [1.29, 1.82) is 5.26 Å². The van der Waals surface area contributed by atoms with Crippen molar-refractivity contribution in [2.75, 3.05) is 39.0 Å². The van der Waals surface area contributed by atoms with Crippen LogP contribution >= 0.6 is 22.9 Å². The minimum Gasteiger partial charge on any atom is -0.493 e. The van der Waals surface area contributed by atoms with Gasteiger partial charge >= 0.3 is 0 Å². The number of rotatable bonds is 16. The number of nitrogen functional groups attached to an aromatic ring is 1. The van der Waals surface area contributed by atoms with Crippen LogP contribution in [0.2, 0.25) is 5.02 Å². The molecule has 1 atom stereocenters. The van der Waals surface area contributed by atoms with Gasteiger partial charge in [-0.15, -0.1) is 11.3 Å². The number of nitriles is 1. The van der Waals surface area contributed by atoms with Crippen LogP contribution in [0.1, 0.15) is 51.9 Å². The fourth-order valence-electron chi connectivity index (χ4n) is 6.59. The number of aromatic nitrogens is 2. The van der Waals surface area contributed by atoms with Crippen molar-refractivity contribution >= 4 is 28.1 Å². The quantitative estimate of drug-likeness (QED) is 0.0975. The number of nitrogens with zero attached hydrogens (tertiary/aromatic N) is 5. The summed E-state index contributed by atoms with van der Waals surface area (Å²) < 4.78 is 19.0. The van der Waals surface area contributed by atoms with Gasteiger partial charge in [0.1, 0.15) is 36.5 Å². The minimum atomic E-state index is -0.204. The average molecular weight is 753 g/mol. The summed E-state index contributed by atoms with van der Waals surface area (Å²) in [6, 6.07) is 20.1. The predicted molar refractivity (Wildman–Crippen MR) is 209 cm³/mol. The molecule has 276 valence electrons. The van der Waals surface area contributed by atoms with Crippen molar-refractivity contribution in [3.63, 3.8) is 0 Å². The van der Waals surface area contributed by atoms with E-state index < -0.39 is 0 Å². The van der Waals surface area contributed by atoms with E-state index in [0.29, 0.717) is 53.5 Å². The normalized spacial score (nSPS) is 14.4. The van der Waals surface area contributed by atoms with Gasteiger partial charge in [0.15, 0.2) is 5.13 Å². The van der Waals surface area contributed by atoms with Gasteiger partial charge < -0.3 is 30.0 Å². The van der Waals surface area contributed by atoms with Crippen LogP contribution in [0.3, 0.4) is 0 Å². The monoisotopic (exact) mass is 752 g/mol. The Morgan fingerprint density at radius 1 is 0.981 bits per heavy atom. The van der Waals surface area contributed by atoms with E-state index in [4.69, 9.17) is 31.5 Å². The van der Waals surface area contributed by atoms with E-state index >= 15 is 0 Å². The molecule has 10 nitrogen and oxygen atoms in total. The summed E-state index contributed by atoms with van der Waals surface area (Å²) in [6.07, 6.45) is 4.77. The molecule has 1 saturated heterocycles. The van der Waals surface area contributed by atoms with Crippen molar-refractivity contribution in [3.8, 4) is 34.4 Å². The van der Waals surface area contributed by atoms with Gasteiger partial charge in [-0.25, -0.2) is 4.98 Å². The number of thiazole rings is 1. The molecule has 0 unspecified atom stereocenters. The molecule has 12 heteroatoms. The average Bonchev–Trinajstić information content (AvgIpc) is 3.76. The number of hydrogen-bond acceptors (Lipinski definition) is 11. The second-order valence-electron chi connectivity index (χ2n) is 13.5. The molecule has 1 aliphatic rings. The van der Waals surface area contributed by atoms with Crippen LogP contribution in [0.4, 0.5) is 5.13 Å². The summed E-state index contributed by atoms with van der Waals surface area (Å²) >= 11 is 8.29. The first-order chi connectivity index (χ1) is 25.7. The summed E-state index contributed by atoms with van der Waals surface area (Å²) in [7, 11) is 2.00. The number of likely N-dealkylation sites (tertiary alicyclic amines) is 1. The number of hydrogen-bond donors (Lipinski definition) is 2. The highest BCUT2D eigenvalue weighted by atomic mass is 35.5. The number of anilines is 1. The van der Waals surface area contributed by atoms with E-state index in [-0.39, 0.29) is 12.7 Å². The number of benzene rings is 3. The summed E-state index contributed by atoms with van der Waals surface area (Å²) in [4.78, 5) is 13.0. The number of halogens is 1. The Hall–Kier alpha value is -4.70. The second-order valence-corrected chi connectivity index (χ2v) is 14.8. The van der Waals surface area contributed by atoms with Crippen LogP contribution in [0.5, 0.6) is 17.2 Å². The standard InChI is InChI=1S/C41H45ClN6O4S/c1-27-31(7-4-8-35(27)36-9-5-10-38(28(36)2)50-14-6-12-48-13-11-34(49)23-48)25-52-40-17-39(51-24-30-15-29(18-43)19-45-20-30)32(16-37(40)42)21-47(3)22-33-26-53-41(44)46-33/h4-5,7-10,15-17,19-20,26,34,49H,6,11-14,21-25H2,1-3H3,(H2,44,46)/t34-/m1/s1. The Labute approximate surface area is 320 Å². The first-order valence-corrected chi connectivity index (χ1v) is 18.9. The third kappa shape index (κ3) is 10.0. The van der Waals surface area contributed by atoms with Gasteiger partial charge in [-0.3, -0.25) is 9.88 Å². The van der Waals surface area contributed by atoms with Gasteiger partial charge in [-0.05, 0) is 79.8 Å². The molecule has 3 aromatic carbocycles. The predicted octanol–water partition coefficient (Wildman–Crippen LogP) is 7.55. The molecular formula is C41H45ClN6O4S. The number of nitrogens with two attached hydrogens (primary N) is 1. The van der Waals surface area contributed by atoms with E-state index in [0.717, 1.165) is 82.9 Å². The highest BCUT2D eigenvalue weighted by molar-refractivity contribution is 7.13. The maximum Gasteiger partial charge on any atom is 0.180 e. The van der Waals surface area contributed by atoms with Gasteiger partial charge in [-0.1, -0.05) is 41.9 Å². The molecule has 3 heterocycles. The van der Waals surface area contributed by atoms with E-state index in [1.807, 2.05) is 42.8 Å². The Balaban J connectivity index is 1.17. The van der Waals surface area contributed by atoms with Gasteiger partial charge in [0.25, 0.3) is 0 Å². The van der Waals surface area contributed by atoms with Gasteiger partial charge in [0.05, 0.1) is 29.0 Å². The molecule has 0 aliphatic carbocycles. The zero-order valence-corrected chi connectivity index (χ0v) is 31.9. The summed E-state index contributed by atoms with van der Waals surface area (Å²) in [5.41, 5.74) is 14.3. The Morgan fingerprint density at radius 2 is 1.77 bits per heavy atom. The zero-order valence-electron chi connectivity index (χ0n) is 30.3. The van der Waals surface area contributed by atoms with Crippen LogP contribution in [-0.2, 0) is 26.3 Å². The molecule has 6 rings (SSSR count). The highest BCUT2D eigenvalue weighted by Crippen LogP contribution is 2.37. The smallest absolute Gasteiger partial charge is 0.180 e. The Bertz CT molecular complexity index is 2070. The van der Waals surface area contributed by atoms with Crippen LogP contribution in [-0.4, -0.2) is 64.3 Å². The Kier molecular flexibility index (Phi) is 12.8.